The molecule has 0 spiro atoms. The Bertz CT molecular complexity index is 1940. The van der Waals surface area contributed by atoms with E-state index in [-0.39, 0.29) is 0 Å². The molecule has 0 unspecified atom stereocenters. The first-order chi connectivity index (χ1) is 18.5. The summed E-state index contributed by atoms with van der Waals surface area (Å²) in [6, 6.07) is 39.3. The van der Waals surface area contributed by atoms with Gasteiger partial charge in [-0.2, -0.15) is 0 Å². The van der Waals surface area contributed by atoms with Crippen LogP contribution in [0, 0.1) is 5.92 Å². The Balaban J connectivity index is 1.26. The fourth-order valence-corrected chi connectivity index (χ4v) is 6.99. The van der Waals surface area contributed by atoms with Crippen molar-refractivity contribution < 1.29 is 9.47 Å². The molecule has 2 aliphatic rings. The first-order valence-electron chi connectivity index (χ1n) is 13.5. The summed E-state index contributed by atoms with van der Waals surface area (Å²) < 4.78 is 13.8. The zero-order valence-corrected chi connectivity index (χ0v) is 21.4. The van der Waals surface area contributed by atoms with E-state index in [2.05, 4.69) is 123 Å². The van der Waals surface area contributed by atoms with Crippen LogP contribution in [0.25, 0.3) is 43.1 Å². The van der Waals surface area contributed by atoms with E-state index in [0.29, 0.717) is 11.7 Å². The average Bonchev–Trinajstić information content (AvgIpc) is 3.18. The fraction of sp³-hybridized carbons (Fsp3) is 0.167. The number of ether oxygens (including phenoxy) is 2. The molecule has 2 fully saturated rings. The Morgan fingerprint density at radius 3 is 1.79 bits per heavy atom. The minimum Gasteiger partial charge on any atom is -0.459 e. The summed E-state index contributed by atoms with van der Waals surface area (Å²) in [7, 11) is 0. The first kappa shape index (κ1) is 21.9. The lowest BCUT2D eigenvalue weighted by Crippen LogP contribution is -2.41. The molecule has 2 bridgehead atoms. The molecule has 0 aromatic heterocycles. The summed E-state index contributed by atoms with van der Waals surface area (Å²) in [5, 5.41) is 9.95. The van der Waals surface area contributed by atoms with Crippen molar-refractivity contribution in [1.29, 1.82) is 0 Å². The molecule has 38 heavy (non-hydrogen) atoms. The van der Waals surface area contributed by atoms with Gasteiger partial charge in [-0.15, -0.1) is 0 Å². The monoisotopic (exact) mass is 492 g/mol. The molecule has 2 heteroatoms. The average molecular weight is 493 g/mol. The van der Waals surface area contributed by atoms with Crippen molar-refractivity contribution in [3.63, 3.8) is 0 Å². The molecule has 184 valence electrons. The molecule has 2 nitrogen and oxygen atoms in total. The molecule has 2 heterocycles. The second-order valence-corrected chi connectivity index (χ2v) is 11.2. The predicted molar refractivity (Wildman–Crippen MR) is 156 cm³/mol. The molecule has 8 rings (SSSR count). The molecule has 0 radical (unpaired) electrons. The number of benzene rings is 6. The molecular formula is C36H28O2. The molecule has 3 atom stereocenters. The smallest absolute Gasteiger partial charge is 0.238 e. The van der Waals surface area contributed by atoms with Crippen LogP contribution in [0.15, 0.2) is 122 Å². The number of hydrogen-bond acceptors (Lipinski definition) is 2. The Kier molecular flexibility index (Phi) is 4.43. The van der Waals surface area contributed by atoms with E-state index in [0.717, 1.165) is 24.0 Å². The maximum absolute atomic E-state index is 7.08. The molecule has 6 aromatic carbocycles. The summed E-state index contributed by atoms with van der Waals surface area (Å²) in [5.74, 6) is 0.274. The van der Waals surface area contributed by atoms with Gasteiger partial charge in [0.1, 0.15) is 5.76 Å². The molecule has 2 aliphatic heterocycles. The molecular weight excluding hydrogens is 464 g/mol. The van der Waals surface area contributed by atoms with E-state index < -0.39 is 11.4 Å². The molecule has 0 amide bonds. The van der Waals surface area contributed by atoms with Gasteiger partial charge in [0, 0.05) is 12.0 Å². The number of hydrogen-bond donors (Lipinski definition) is 0. The highest BCUT2D eigenvalue weighted by Crippen LogP contribution is 2.60. The van der Waals surface area contributed by atoms with E-state index in [1.165, 1.54) is 43.1 Å². The van der Waals surface area contributed by atoms with Crippen LogP contribution in [0.1, 0.15) is 30.9 Å². The van der Waals surface area contributed by atoms with E-state index in [9.17, 15) is 0 Å². The molecule has 0 saturated carbocycles. The predicted octanol–water partition coefficient (Wildman–Crippen LogP) is 9.34. The van der Waals surface area contributed by atoms with Crippen molar-refractivity contribution >= 4 is 43.1 Å². The maximum Gasteiger partial charge on any atom is 0.238 e. The van der Waals surface area contributed by atoms with Gasteiger partial charge >= 0.3 is 0 Å². The van der Waals surface area contributed by atoms with Gasteiger partial charge in [-0.25, -0.2) is 0 Å². The van der Waals surface area contributed by atoms with Gasteiger partial charge in [0.05, 0.1) is 0 Å². The highest BCUT2D eigenvalue weighted by Gasteiger charge is 2.60. The second-order valence-electron chi connectivity index (χ2n) is 11.2. The van der Waals surface area contributed by atoms with Crippen LogP contribution in [-0.4, -0.2) is 0 Å². The summed E-state index contributed by atoms with van der Waals surface area (Å²) in [6.07, 6.45) is 1.65. The quantitative estimate of drug-likeness (QED) is 0.224. The minimum absolute atomic E-state index is 0.405. The van der Waals surface area contributed by atoms with Crippen molar-refractivity contribution in [3.05, 3.63) is 133 Å². The van der Waals surface area contributed by atoms with Gasteiger partial charge in [-0.1, -0.05) is 111 Å². The van der Waals surface area contributed by atoms with E-state index in [1.807, 2.05) is 0 Å². The molecule has 0 aliphatic carbocycles. The zero-order chi connectivity index (χ0) is 25.5. The zero-order valence-electron chi connectivity index (χ0n) is 21.4. The van der Waals surface area contributed by atoms with Crippen molar-refractivity contribution in [2.45, 2.75) is 31.2 Å². The maximum atomic E-state index is 7.08. The Morgan fingerprint density at radius 1 is 0.605 bits per heavy atom. The van der Waals surface area contributed by atoms with Gasteiger partial charge < -0.3 is 9.47 Å². The highest BCUT2D eigenvalue weighted by molar-refractivity contribution is 6.08. The van der Waals surface area contributed by atoms with Gasteiger partial charge in [0.15, 0.2) is 5.60 Å². The highest BCUT2D eigenvalue weighted by atomic mass is 16.8. The van der Waals surface area contributed by atoms with Gasteiger partial charge in [-0.05, 0) is 73.1 Å². The van der Waals surface area contributed by atoms with Crippen molar-refractivity contribution in [2.75, 3.05) is 0 Å². The largest absolute Gasteiger partial charge is 0.459 e. The van der Waals surface area contributed by atoms with Crippen LogP contribution in [0.2, 0.25) is 0 Å². The number of fused-ring (bicyclic) bond motifs is 8. The third-order valence-corrected chi connectivity index (χ3v) is 8.73. The summed E-state index contributed by atoms with van der Waals surface area (Å²) >= 11 is 0. The van der Waals surface area contributed by atoms with E-state index in [1.54, 1.807) is 0 Å². The third-order valence-electron chi connectivity index (χ3n) is 8.73. The van der Waals surface area contributed by atoms with Crippen LogP contribution >= 0.6 is 0 Å². The van der Waals surface area contributed by atoms with Crippen LogP contribution in [-0.2, 0) is 20.9 Å². The van der Waals surface area contributed by atoms with Crippen LogP contribution in [0.5, 0.6) is 0 Å². The lowest BCUT2D eigenvalue weighted by atomic mass is 9.78. The van der Waals surface area contributed by atoms with Crippen LogP contribution < -0.4 is 0 Å². The Hall–Kier alpha value is -4.14. The SMILES string of the molecule is C=C1O[C@@]2(c3ccc4c(ccc5ccccc54)c3)C[C@H](C)C[C@]1(c1ccc3c(ccc4ccccc43)c1)O2. The first-order valence-corrected chi connectivity index (χ1v) is 13.5. The second kappa shape index (κ2) is 7.69. The molecule has 0 N–H and O–H groups in total. The minimum atomic E-state index is -0.840. The van der Waals surface area contributed by atoms with Gasteiger partial charge in [-0.3, -0.25) is 0 Å². The molecule has 6 aromatic rings. The van der Waals surface area contributed by atoms with Crippen molar-refractivity contribution in [2.24, 2.45) is 5.92 Å². The lowest BCUT2D eigenvalue weighted by molar-refractivity contribution is -0.234. The Morgan fingerprint density at radius 2 is 1.13 bits per heavy atom. The van der Waals surface area contributed by atoms with Crippen molar-refractivity contribution in [3.8, 4) is 0 Å². The van der Waals surface area contributed by atoms with E-state index >= 15 is 0 Å². The molecule has 2 saturated heterocycles. The van der Waals surface area contributed by atoms with Gasteiger partial charge in [0.25, 0.3) is 0 Å². The lowest BCUT2D eigenvalue weighted by Gasteiger charge is -2.40. The third kappa shape index (κ3) is 2.98. The van der Waals surface area contributed by atoms with Crippen LogP contribution in [0.3, 0.4) is 0 Å². The summed E-state index contributed by atoms with van der Waals surface area (Å²) in [5.41, 5.74) is 1.50. The van der Waals surface area contributed by atoms with Crippen LogP contribution in [0.4, 0.5) is 0 Å². The van der Waals surface area contributed by atoms with Gasteiger partial charge in [0.2, 0.25) is 5.79 Å². The fourth-order valence-electron chi connectivity index (χ4n) is 6.99. The summed E-state index contributed by atoms with van der Waals surface area (Å²) in [4.78, 5) is 0. The number of rotatable bonds is 2. The Labute approximate surface area is 222 Å². The topological polar surface area (TPSA) is 18.5 Å². The summed E-state index contributed by atoms with van der Waals surface area (Å²) in [6.45, 7) is 6.74. The van der Waals surface area contributed by atoms with E-state index in [4.69, 9.17) is 9.47 Å². The van der Waals surface area contributed by atoms with Crippen molar-refractivity contribution in [1.82, 2.24) is 0 Å². The standard InChI is InChI=1S/C36H28O2/c1-23-21-35(29-15-17-33-27(19-29)13-11-25-7-3-5-9-31(25)33)24(2)37-36(22-23,38-35)30-16-18-34-28(20-30)14-12-26-8-4-6-10-32(26)34/h3-20,23H,2,21-22H2,1H3/t23-,35+,36+/m1/s1. The normalized spacial score (nSPS) is 24.9.